The Kier molecular flexibility index (Phi) is 5.62. The summed E-state index contributed by atoms with van der Waals surface area (Å²) < 4.78 is 11.9. The quantitative estimate of drug-likeness (QED) is 0.533. The fourth-order valence-electron chi connectivity index (χ4n) is 3.19. The number of para-hydroxylation sites is 1. The molecule has 1 saturated heterocycles. The second kappa shape index (κ2) is 8.31. The van der Waals surface area contributed by atoms with E-state index in [0.717, 1.165) is 22.4 Å². The number of benzene rings is 2. The Morgan fingerprint density at radius 2 is 1.93 bits per heavy atom. The zero-order valence-corrected chi connectivity index (χ0v) is 17.0. The van der Waals surface area contributed by atoms with E-state index in [9.17, 15) is 4.79 Å². The van der Waals surface area contributed by atoms with Crippen molar-refractivity contribution in [2.24, 2.45) is 0 Å². The molecule has 0 saturated carbocycles. The van der Waals surface area contributed by atoms with Crippen LogP contribution < -0.4 is 4.74 Å². The van der Waals surface area contributed by atoms with E-state index in [2.05, 4.69) is 6.08 Å². The van der Waals surface area contributed by atoms with E-state index in [4.69, 9.17) is 21.7 Å². The van der Waals surface area contributed by atoms with Crippen LogP contribution in [-0.2, 0) is 9.53 Å². The van der Waals surface area contributed by atoms with E-state index in [-0.39, 0.29) is 12.0 Å². The fourth-order valence-corrected chi connectivity index (χ4v) is 4.50. The summed E-state index contributed by atoms with van der Waals surface area (Å²) in [5.74, 6) is 0.750. The van der Waals surface area contributed by atoms with Gasteiger partial charge < -0.3 is 9.47 Å². The van der Waals surface area contributed by atoms with Gasteiger partial charge in [-0.15, -0.1) is 0 Å². The third-order valence-electron chi connectivity index (χ3n) is 4.58. The van der Waals surface area contributed by atoms with Crippen LogP contribution in [-0.4, -0.2) is 35.4 Å². The van der Waals surface area contributed by atoms with Crippen molar-refractivity contribution in [1.82, 2.24) is 4.90 Å². The highest BCUT2D eigenvalue weighted by Gasteiger charge is 2.33. The molecule has 142 valence electrons. The molecule has 0 aliphatic carbocycles. The third kappa shape index (κ3) is 3.76. The van der Waals surface area contributed by atoms with Crippen LogP contribution >= 0.6 is 24.0 Å². The zero-order chi connectivity index (χ0) is 19.5. The molecular weight excluding hydrogens is 390 g/mol. The van der Waals surface area contributed by atoms with E-state index in [1.807, 2.05) is 60.7 Å². The van der Waals surface area contributed by atoms with Crippen LogP contribution in [0.15, 0.2) is 71.2 Å². The van der Waals surface area contributed by atoms with Crippen molar-refractivity contribution in [2.45, 2.75) is 6.10 Å². The Labute approximate surface area is 173 Å². The summed E-state index contributed by atoms with van der Waals surface area (Å²) in [5.41, 5.74) is 2.96. The largest absolute Gasteiger partial charge is 0.480 e. The number of fused-ring (bicyclic) bond motifs is 1. The van der Waals surface area contributed by atoms with Gasteiger partial charge in [-0.2, -0.15) is 0 Å². The Bertz CT molecular complexity index is 969. The molecule has 0 radical (unpaired) electrons. The van der Waals surface area contributed by atoms with Crippen molar-refractivity contribution < 1.29 is 14.3 Å². The SMILES string of the molecule is COCCN1C(=O)/C(=C\C2=Cc3ccccc3O[C@H]2c2ccccc2)SC1=S. The van der Waals surface area contributed by atoms with Gasteiger partial charge in [0.2, 0.25) is 0 Å². The van der Waals surface area contributed by atoms with Crippen molar-refractivity contribution in [2.75, 3.05) is 20.3 Å². The standard InChI is InChI=1S/C22H19NO3S2/c1-25-12-11-23-21(24)19(28-22(23)27)14-17-13-16-9-5-6-10-18(16)26-20(17)15-7-3-2-4-8-15/h2-10,13-14,20H,11-12H2,1H3/b19-14+/t20-/m0/s1. The van der Waals surface area contributed by atoms with E-state index in [0.29, 0.717) is 22.4 Å². The van der Waals surface area contributed by atoms with Crippen LogP contribution in [0.3, 0.4) is 0 Å². The molecule has 1 fully saturated rings. The van der Waals surface area contributed by atoms with Crippen molar-refractivity contribution >= 4 is 40.3 Å². The highest BCUT2D eigenvalue weighted by atomic mass is 32.2. The first-order valence-electron chi connectivity index (χ1n) is 8.94. The molecule has 2 heterocycles. The van der Waals surface area contributed by atoms with Gasteiger partial charge in [-0.25, -0.2) is 0 Å². The van der Waals surface area contributed by atoms with E-state index < -0.39 is 0 Å². The van der Waals surface area contributed by atoms with E-state index in [1.165, 1.54) is 11.8 Å². The van der Waals surface area contributed by atoms with Crippen molar-refractivity contribution in [1.29, 1.82) is 0 Å². The molecular formula is C22H19NO3S2. The molecule has 0 unspecified atom stereocenters. The minimum Gasteiger partial charge on any atom is -0.480 e. The number of hydrogen-bond donors (Lipinski definition) is 0. The highest BCUT2D eigenvalue weighted by molar-refractivity contribution is 8.26. The normalized spacial score (nSPS) is 20.2. The van der Waals surface area contributed by atoms with Gasteiger partial charge in [0.15, 0.2) is 0 Å². The number of carbonyl (C=O) groups excluding carboxylic acids is 1. The van der Waals surface area contributed by atoms with Gasteiger partial charge in [0.05, 0.1) is 18.1 Å². The maximum Gasteiger partial charge on any atom is 0.266 e. The minimum absolute atomic E-state index is 0.0846. The molecule has 4 rings (SSSR count). The number of amides is 1. The molecule has 0 bridgehead atoms. The number of carbonyl (C=O) groups is 1. The van der Waals surface area contributed by atoms with Crippen LogP contribution in [0.2, 0.25) is 0 Å². The number of methoxy groups -OCH3 is 1. The maximum atomic E-state index is 12.8. The van der Waals surface area contributed by atoms with Crippen molar-refractivity contribution in [3.63, 3.8) is 0 Å². The average Bonchev–Trinajstić information content (AvgIpc) is 2.99. The topological polar surface area (TPSA) is 38.8 Å². The summed E-state index contributed by atoms with van der Waals surface area (Å²) in [6.07, 6.45) is 3.70. The van der Waals surface area contributed by atoms with Crippen molar-refractivity contribution in [3.05, 3.63) is 82.3 Å². The molecule has 0 spiro atoms. The fraction of sp³-hybridized carbons (Fsp3) is 0.182. The second-order valence-electron chi connectivity index (χ2n) is 6.42. The first kappa shape index (κ1) is 18.9. The number of thiocarbonyl (C=S) groups is 1. The van der Waals surface area contributed by atoms with Gasteiger partial charge in [0, 0.05) is 12.7 Å². The Morgan fingerprint density at radius 1 is 1.18 bits per heavy atom. The summed E-state index contributed by atoms with van der Waals surface area (Å²) in [5, 5.41) is 0. The number of rotatable bonds is 5. The molecule has 2 aromatic rings. The summed E-state index contributed by atoms with van der Waals surface area (Å²) in [7, 11) is 1.61. The van der Waals surface area contributed by atoms with Crippen LogP contribution in [0.25, 0.3) is 6.08 Å². The molecule has 1 amide bonds. The minimum atomic E-state index is -0.279. The third-order valence-corrected chi connectivity index (χ3v) is 5.96. The number of hydrogen-bond acceptors (Lipinski definition) is 5. The maximum absolute atomic E-state index is 12.8. The lowest BCUT2D eigenvalue weighted by Gasteiger charge is -2.26. The van der Waals surface area contributed by atoms with Gasteiger partial charge >= 0.3 is 0 Å². The van der Waals surface area contributed by atoms with Gasteiger partial charge in [-0.05, 0) is 29.4 Å². The van der Waals surface area contributed by atoms with Gasteiger partial charge in [-0.1, -0.05) is 72.5 Å². The zero-order valence-electron chi connectivity index (χ0n) is 15.3. The lowest BCUT2D eigenvalue weighted by atomic mass is 9.95. The molecule has 28 heavy (non-hydrogen) atoms. The molecule has 0 N–H and O–H groups in total. The molecule has 2 aliphatic heterocycles. The number of thioether (sulfide) groups is 1. The number of nitrogens with zero attached hydrogens (tertiary/aromatic N) is 1. The summed E-state index contributed by atoms with van der Waals surface area (Å²) in [6.45, 7) is 0.907. The molecule has 6 heteroatoms. The Hall–Kier alpha value is -2.41. The van der Waals surface area contributed by atoms with Gasteiger partial charge in [-0.3, -0.25) is 9.69 Å². The van der Waals surface area contributed by atoms with E-state index >= 15 is 0 Å². The van der Waals surface area contributed by atoms with Crippen LogP contribution in [0, 0.1) is 0 Å². The highest BCUT2D eigenvalue weighted by Crippen LogP contribution is 2.40. The summed E-state index contributed by atoms with van der Waals surface area (Å²) in [6, 6.07) is 17.9. The monoisotopic (exact) mass is 409 g/mol. The predicted octanol–water partition coefficient (Wildman–Crippen LogP) is 4.59. The van der Waals surface area contributed by atoms with Gasteiger partial charge in [0.25, 0.3) is 5.91 Å². The van der Waals surface area contributed by atoms with Crippen LogP contribution in [0.4, 0.5) is 0 Å². The average molecular weight is 410 g/mol. The molecule has 2 aromatic carbocycles. The van der Waals surface area contributed by atoms with Crippen LogP contribution in [0.1, 0.15) is 17.2 Å². The molecule has 1 atom stereocenters. The Morgan fingerprint density at radius 3 is 2.71 bits per heavy atom. The van der Waals surface area contributed by atoms with Crippen LogP contribution in [0.5, 0.6) is 5.75 Å². The summed E-state index contributed by atoms with van der Waals surface area (Å²) >= 11 is 6.70. The van der Waals surface area contributed by atoms with E-state index in [1.54, 1.807) is 12.0 Å². The lowest BCUT2D eigenvalue weighted by molar-refractivity contribution is -0.122. The Balaban J connectivity index is 1.71. The lowest BCUT2D eigenvalue weighted by Crippen LogP contribution is -2.31. The first-order valence-corrected chi connectivity index (χ1v) is 10.2. The second-order valence-corrected chi connectivity index (χ2v) is 8.09. The van der Waals surface area contributed by atoms with Gasteiger partial charge in [0.1, 0.15) is 16.2 Å². The summed E-state index contributed by atoms with van der Waals surface area (Å²) in [4.78, 5) is 15.0. The first-order chi connectivity index (χ1) is 13.7. The van der Waals surface area contributed by atoms with Crippen molar-refractivity contribution in [3.8, 4) is 5.75 Å². The molecule has 0 aromatic heterocycles. The predicted molar refractivity (Wildman–Crippen MR) is 116 cm³/mol. The molecule has 2 aliphatic rings. The molecule has 4 nitrogen and oxygen atoms in total. The smallest absolute Gasteiger partial charge is 0.266 e. The number of ether oxygens (including phenoxy) is 2.